The van der Waals surface area contributed by atoms with Gasteiger partial charge in [-0.15, -0.1) is 0 Å². The van der Waals surface area contributed by atoms with Crippen molar-refractivity contribution in [3.63, 3.8) is 0 Å². The van der Waals surface area contributed by atoms with E-state index in [1.807, 2.05) is 7.05 Å². The molecule has 0 N–H and O–H groups in total. The highest BCUT2D eigenvalue weighted by Gasteiger charge is 2.40. The molecule has 0 aromatic heterocycles. The molecule has 2 aliphatic heterocycles. The molecule has 6 heteroatoms. The van der Waals surface area contributed by atoms with Crippen LogP contribution >= 0.6 is 0 Å². The summed E-state index contributed by atoms with van der Waals surface area (Å²) in [5, 5.41) is 0. The minimum Gasteiger partial charge on any atom is -0.378 e. The lowest BCUT2D eigenvalue weighted by Crippen LogP contribution is -2.55. The van der Waals surface area contributed by atoms with E-state index in [2.05, 4.69) is 4.90 Å². The molecule has 3 nitrogen and oxygen atoms in total. The average Bonchev–Trinajstić information content (AvgIpc) is 2.45. The highest BCUT2D eigenvalue weighted by atomic mass is 19.4. The molecule has 2 saturated heterocycles. The first-order chi connectivity index (χ1) is 10.8. The highest BCUT2D eigenvalue weighted by molar-refractivity contribution is 5.99. The lowest BCUT2D eigenvalue weighted by molar-refractivity contribution is -0.138. The number of carbonyl (C=O) groups is 1. The number of hydrogen-bond donors (Lipinski definition) is 0. The maximum absolute atomic E-state index is 13.0. The van der Waals surface area contributed by atoms with Gasteiger partial charge in [0.25, 0.3) is 0 Å². The SMILES string of the molecule is Cc1c(C(=O)C2CC3COCC(C2)N3C)cccc1C(F)(F)F. The summed E-state index contributed by atoms with van der Waals surface area (Å²) in [5.41, 5.74) is -0.487. The van der Waals surface area contributed by atoms with Gasteiger partial charge in [0, 0.05) is 23.6 Å². The monoisotopic (exact) mass is 327 g/mol. The molecule has 0 aliphatic carbocycles. The number of carbonyl (C=O) groups excluding carboxylic acids is 1. The van der Waals surface area contributed by atoms with Crippen LogP contribution in [0.2, 0.25) is 0 Å². The van der Waals surface area contributed by atoms with Crippen LogP contribution in [0.5, 0.6) is 0 Å². The predicted molar refractivity (Wildman–Crippen MR) is 79.4 cm³/mol. The molecule has 3 rings (SSSR count). The number of ether oxygens (including phenoxy) is 1. The first kappa shape index (κ1) is 16.5. The largest absolute Gasteiger partial charge is 0.416 e. The second-order valence-corrected chi connectivity index (χ2v) is 6.52. The van der Waals surface area contributed by atoms with E-state index in [1.165, 1.54) is 19.1 Å². The minimum absolute atomic E-state index is 0.0327. The molecule has 2 fully saturated rings. The second kappa shape index (κ2) is 5.91. The normalized spacial score (nSPS) is 28.7. The molecular weight excluding hydrogens is 307 g/mol. The Morgan fingerprint density at radius 2 is 1.83 bits per heavy atom. The van der Waals surface area contributed by atoms with Crippen LogP contribution in [-0.2, 0) is 10.9 Å². The molecule has 0 saturated carbocycles. The fraction of sp³-hybridized carbons (Fsp3) is 0.588. The van der Waals surface area contributed by atoms with E-state index in [0.29, 0.717) is 26.1 Å². The van der Waals surface area contributed by atoms with Crippen molar-refractivity contribution in [2.45, 2.75) is 38.0 Å². The van der Waals surface area contributed by atoms with Crippen LogP contribution in [-0.4, -0.2) is 43.0 Å². The molecule has 0 amide bonds. The molecule has 0 spiro atoms. The van der Waals surface area contributed by atoms with Gasteiger partial charge in [0.2, 0.25) is 0 Å². The third kappa shape index (κ3) is 3.02. The Balaban J connectivity index is 1.87. The number of alkyl halides is 3. The van der Waals surface area contributed by atoms with E-state index in [4.69, 9.17) is 4.74 Å². The van der Waals surface area contributed by atoms with Crippen LogP contribution in [0.4, 0.5) is 13.2 Å². The molecule has 126 valence electrons. The van der Waals surface area contributed by atoms with Gasteiger partial charge in [0.15, 0.2) is 5.78 Å². The third-order valence-corrected chi connectivity index (χ3v) is 5.16. The fourth-order valence-corrected chi connectivity index (χ4v) is 3.74. The number of Topliss-reactive ketones (excluding diaryl/α,β-unsaturated/α-hetero) is 1. The number of benzene rings is 1. The molecule has 1 aromatic rings. The van der Waals surface area contributed by atoms with Crippen molar-refractivity contribution in [2.75, 3.05) is 20.3 Å². The van der Waals surface area contributed by atoms with Crippen molar-refractivity contribution in [1.29, 1.82) is 0 Å². The van der Waals surface area contributed by atoms with E-state index in [9.17, 15) is 18.0 Å². The van der Waals surface area contributed by atoms with Crippen molar-refractivity contribution >= 4 is 5.78 Å². The molecule has 0 radical (unpaired) electrons. The maximum atomic E-state index is 13.0. The molecule has 2 aliphatic rings. The van der Waals surface area contributed by atoms with Gasteiger partial charge in [-0.25, -0.2) is 0 Å². The van der Waals surface area contributed by atoms with Crippen LogP contribution in [0.25, 0.3) is 0 Å². The minimum atomic E-state index is -4.43. The number of nitrogens with zero attached hydrogens (tertiary/aromatic N) is 1. The number of rotatable bonds is 2. The number of hydrogen-bond acceptors (Lipinski definition) is 3. The van der Waals surface area contributed by atoms with E-state index in [0.717, 1.165) is 6.07 Å². The van der Waals surface area contributed by atoms with Crippen LogP contribution in [0.1, 0.15) is 34.3 Å². The van der Waals surface area contributed by atoms with Crippen LogP contribution in [0.15, 0.2) is 18.2 Å². The zero-order valence-corrected chi connectivity index (χ0v) is 13.2. The number of likely N-dealkylation sites (N-methyl/N-ethyl adjacent to an activating group) is 1. The van der Waals surface area contributed by atoms with Crippen molar-refractivity contribution in [1.82, 2.24) is 4.90 Å². The lowest BCUT2D eigenvalue weighted by atomic mass is 9.80. The van der Waals surface area contributed by atoms with Gasteiger partial charge in [-0.1, -0.05) is 12.1 Å². The first-order valence-electron chi connectivity index (χ1n) is 7.79. The summed E-state index contributed by atoms with van der Waals surface area (Å²) in [6.07, 6.45) is -3.15. The molecule has 2 heterocycles. The zero-order valence-electron chi connectivity index (χ0n) is 13.2. The Labute approximate surface area is 133 Å². The quantitative estimate of drug-likeness (QED) is 0.781. The van der Waals surface area contributed by atoms with Gasteiger partial charge >= 0.3 is 6.18 Å². The first-order valence-corrected chi connectivity index (χ1v) is 7.79. The molecule has 23 heavy (non-hydrogen) atoms. The van der Waals surface area contributed by atoms with Crippen molar-refractivity contribution in [2.24, 2.45) is 5.92 Å². The summed E-state index contributed by atoms with van der Waals surface area (Å²) in [5.74, 6) is -0.397. The maximum Gasteiger partial charge on any atom is 0.416 e. The highest BCUT2D eigenvalue weighted by Crippen LogP contribution is 2.36. The van der Waals surface area contributed by atoms with Gasteiger partial charge in [0.1, 0.15) is 0 Å². The Morgan fingerprint density at radius 1 is 1.22 bits per heavy atom. The Kier molecular flexibility index (Phi) is 4.23. The molecule has 1 aromatic carbocycles. The van der Waals surface area contributed by atoms with Gasteiger partial charge in [-0.3, -0.25) is 9.69 Å². The van der Waals surface area contributed by atoms with Crippen molar-refractivity contribution < 1.29 is 22.7 Å². The lowest BCUT2D eigenvalue weighted by Gasteiger charge is -2.46. The Hall–Kier alpha value is -1.40. The summed E-state index contributed by atoms with van der Waals surface area (Å²) in [6.45, 7) is 2.55. The zero-order chi connectivity index (χ0) is 16.8. The number of piperidine rings is 1. The van der Waals surface area contributed by atoms with Gasteiger partial charge in [0.05, 0.1) is 18.8 Å². The van der Waals surface area contributed by atoms with E-state index in [-0.39, 0.29) is 34.9 Å². The number of halogens is 3. The van der Waals surface area contributed by atoms with Crippen LogP contribution in [0.3, 0.4) is 0 Å². The number of morpholine rings is 1. The molecule has 2 bridgehead atoms. The Morgan fingerprint density at radius 3 is 2.39 bits per heavy atom. The van der Waals surface area contributed by atoms with E-state index in [1.54, 1.807) is 0 Å². The summed E-state index contributed by atoms with van der Waals surface area (Å²) < 4.78 is 44.6. The third-order valence-electron chi connectivity index (χ3n) is 5.16. The Bertz CT molecular complexity index is 600. The summed E-state index contributed by atoms with van der Waals surface area (Å²) in [6, 6.07) is 4.20. The molecule has 2 atom stereocenters. The molecule has 2 unspecified atom stereocenters. The average molecular weight is 327 g/mol. The van der Waals surface area contributed by atoms with Gasteiger partial charge in [-0.2, -0.15) is 13.2 Å². The smallest absolute Gasteiger partial charge is 0.378 e. The van der Waals surface area contributed by atoms with Crippen molar-refractivity contribution in [3.05, 3.63) is 34.9 Å². The van der Waals surface area contributed by atoms with Crippen LogP contribution in [0, 0.1) is 12.8 Å². The number of fused-ring (bicyclic) bond motifs is 2. The van der Waals surface area contributed by atoms with E-state index < -0.39 is 11.7 Å². The number of ketones is 1. The summed E-state index contributed by atoms with van der Waals surface area (Å²) in [7, 11) is 2.02. The van der Waals surface area contributed by atoms with Gasteiger partial charge < -0.3 is 4.74 Å². The molecular formula is C17H20F3NO2. The predicted octanol–water partition coefficient (Wildman–Crippen LogP) is 3.31. The van der Waals surface area contributed by atoms with Gasteiger partial charge in [-0.05, 0) is 38.4 Å². The van der Waals surface area contributed by atoms with Crippen LogP contribution < -0.4 is 0 Å². The van der Waals surface area contributed by atoms with E-state index >= 15 is 0 Å². The standard InChI is InChI=1S/C17H20F3NO2/c1-10-14(4-3-5-15(10)17(18,19)20)16(22)11-6-12-8-23-9-13(7-11)21(12)2/h3-5,11-13H,6-9H2,1-2H3. The summed E-state index contributed by atoms with van der Waals surface area (Å²) in [4.78, 5) is 15.0. The summed E-state index contributed by atoms with van der Waals surface area (Å²) >= 11 is 0. The van der Waals surface area contributed by atoms with Crippen molar-refractivity contribution in [3.8, 4) is 0 Å². The topological polar surface area (TPSA) is 29.5 Å². The second-order valence-electron chi connectivity index (χ2n) is 6.52. The fourth-order valence-electron chi connectivity index (χ4n) is 3.74.